The van der Waals surface area contributed by atoms with Crippen LogP contribution in [0.5, 0.6) is 0 Å². The molecule has 1 heterocycles. The number of hydrogen-bond acceptors (Lipinski definition) is 3. The van der Waals surface area contributed by atoms with Crippen molar-refractivity contribution in [2.75, 3.05) is 26.8 Å². The molecule has 3 rings (SSSR count). The Labute approximate surface area is 214 Å². The Balaban J connectivity index is 0.00000432. The number of nitrogens with zero attached hydrogens (tertiary/aromatic N) is 1. The molecular weight excluding hydrogens is 470 g/mol. The highest BCUT2D eigenvalue weighted by Gasteiger charge is 2.30. The van der Waals surface area contributed by atoms with Crippen LogP contribution in [-0.2, 0) is 9.53 Å². The fraction of sp³-hybridized carbons (Fsp3) is 0.536. The van der Waals surface area contributed by atoms with Crippen LogP contribution < -0.4 is 5.32 Å². The first-order valence-corrected chi connectivity index (χ1v) is 12.4. The van der Waals surface area contributed by atoms with Crippen LogP contribution in [0.3, 0.4) is 0 Å². The summed E-state index contributed by atoms with van der Waals surface area (Å²) in [6, 6.07) is 13.1. The number of hydrogen-bond donors (Lipinski definition) is 1. The van der Waals surface area contributed by atoms with E-state index in [-0.39, 0.29) is 41.9 Å². The number of carbonyl (C=O) groups excluding carboxylic acids is 1. The van der Waals surface area contributed by atoms with Gasteiger partial charge in [-0.05, 0) is 80.5 Å². The zero-order chi connectivity index (χ0) is 24.5. The van der Waals surface area contributed by atoms with Crippen LogP contribution in [0.15, 0.2) is 48.5 Å². The van der Waals surface area contributed by atoms with Crippen LogP contribution in [0, 0.1) is 17.6 Å². The van der Waals surface area contributed by atoms with E-state index in [1.165, 1.54) is 24.3 Å². The molecule has 0 spiro atoms. The smallest absolute Gasteiger partial charge is 0.237 e. The maximum atomic E-state index is 13.5. The second-order valence-electron chi connectivity index (χ2n) is 9.74. The lowest BCUT2D eigenvalue weighted by molar-refractivity contribution is -0.128. The zero-order valence-electron chi connectivity index (χ0n) is 21.0. The molecule has 35 heavy (non-hydrogen) atoms. The van der Waals surface area contributed by atoms with Gasteiger partial charge in [-0.3, -0.25) is 9.69 Å². The molecule has 4 nitrogen and oxygen atoms in total. The monoisotopic (exact) mass is 508 g/mol. The molecule has 0 aliphatic carbocycles. The third-order valence-electron chi connectivity index (χ3n) is 6.77. The molecule has 1 saturated heterocycles. The van der Waals surface area contributed by atoms with Gasteiger partial charge in [0.15, 0.2) is 0 Å². The van der Waals surface area contributed by atoms with Crippen molar-refractivity contribution in [3.63, 3.8) is 0 Å². The average Bonchev–Trinajstić information content (AvgIpc) is 2.84. The molecule has 2 aromatic carbocycles. The van der Waals surface area contributed by atoms with E-state index in [4.69, 9.17) is 4.74 Å². The van der Waals surface area contributed by atoms with Crippen LogP contribution >= 0.6 is 12.4 Å². The minimum Gasteiger partial charge on any atom is -0.381 e. The van der Waals surface area contributed by atoms with Gasteiger partial charge in [-0.25, -0.2) is 8.78 Å². The lowest BCUT2D eigenvalue weighted by Crippen LogP contribution is -2.51. The number of carbonyl (C=O) groups is 1. The van der Waals surface area contributed by atoms with Crippen molar-refractivity contribution in [3.8, 4) is 0 Å². The molecular formula is C28H39ClF2N2O2. The SMILES string of the molecule is CC(C)C[C@@H](C(=O)NCCCC(c1ccc(F)cc1)c1ccc(F)cc1)N(C)C1CCOCC1.Cl. The van der Waals surface area contributed by atoms with Crippen LogP contribution in [0.25, 0.3) is 0 Å². The van der Waals surface area contributed by atoms with Crippen molar-refractivity contribution in [1.82, 2.24) is 10.2 Å². The molecule has 1 aliphatic heterocycles. The first kappa shape index (κ1) is 29.2. The summed E-state index contributed by atoms with van der Waals surface area (Å²) in [6.45, 7) is 6.36. The minimum absolute atomic E-state index is 0. The van der Waals surface area contributed by atoms with Gasteiger partial charge in [0, 0.05) is 31.7 Å². The molecule has 1 aliphatic rings. The van der Waals surface area contributed by atoms with E-state index in [0.717, 1.165) is 56.4 Å². The number of amides is 1. The van der Waals surface area contributed by atoms with Crippen molar-refractivity contribution in [2.24, 2.45) is 5.92 Å². The van der Waals surface area contributed by atoms with Gasteiger partial charge in [0.05, 0.1) is 6.04 Å². The highest BCUT2D eigenvalue weighted by molar-refractivity contribution is 5.85. The lowest BCUT2D eigenvalue weighted by atomic mass is 9.87. The van der Waals surface area contributed by atoms with Gasteiger partial charge < -0.3 is 10.1 Å². The second-order valence-corrected chi connectivity index (χ2v) is 9.74. The summed E-state index contributed by atoms with van der Waals surface area (Å²) in [5.74, 6) is -0.0610. The van der Waals surface area contributed by atoms with E-state index in [1.807, 2.05) is 0 Å². The van der Waals surface area contributed by atoms with Gasteiger partial charge in [0.2, 0.25) is 5.91 Å². The molecule has 2 aromatic rings. The van der Waals surface area contributed by atoms with Crippen LogP contribution in [0.4, 0.5) is 8.78 Å². The van der Waals surface area contributed by atoms with Gasteiger partial charge in [0.25, 0.3) is 0 Å². The van der Waals surface area contributed by atoms with E-state index in [1.54, 1.807) is 24.3 Å². The summed E-state index contributed by atoms with van der Waals surface area (Å²) in [5, 5.41) is 3.15. The van der Waals surface area contributed by atoms with E-state index in [9.17, 15) is 13.6 Å². The highest BCUT2D eigenvalue weighted by atomic mass is 35.5. The van der Waals surface area contributed by atoms with E-state index >= 15 is 0 Å². The Hall–Kier alpha value is -2.02. The largest absolute Gasteiger partial charge is 0.381 e. The van der Waals surface area contributed by atoms with Gasteiger partial charge in [-0.15, -0.1) is 12.4 Å². The number of rotatable bonds is 11. The molecule has 194 valence electrons. The van der Waals surface area contributed by atoms with Crippen LogP contribution in [0.2, 0.25) is 0 Å². The topological polar surface area (TPSA) is 41.6 Å². The maximum Gasteiger partial charge on any atom is 0.237 e. The summed E-state index contributed by atoms with van der Waals surface area (Å²) in [5.41, 5.74) is 1.97. The molecule has 0 saturated carbocycles. The molecule has 1 fully saturated rings. The fourth-order valence-corrected chi connectivity index (χ4v) is 4.80. The number of nitrogens with one attached hydrogen (secondary N) is 1. The maximum absolute atomic E-state index is 13.5. The lowest BCUT2D eigenvalue weighted by Gasteiger charge is -2.37. The molecule has 0 radical (unpaired) electrons. The van der Waals surface area contributed by atoms with Crippen molar-refractivity contribution in [1.29, 1.82) is 0 Å². The summed E-state index contributed by atoms with van der Waals surface area (Å²) >= 11 is 0. The Bertz CT molecular complexity index is 841. The number of halogens is 3. The van der Waals surface area contributed by atoms with E-state index in [0.29, 0.717) is 18.5 Å². The Morgan fingerprint density at radius 2 is 1.51 bits per heavy atom. The quantitative estimate of drug-likeness (QED) is 0.382. The van der Waals surface area contributed by atoms with Crippen molar-refractivity contribution in [2.45, 2.75) is 64.0 Å². The van der Waals surface area contributed by atoms with Crippen LogP contribution in [-0.4, -0.2) is 49.7 Å². The summed E-state index contributed by atoms with van der Waals surface area (Å²) in [4.78, 5) is 15.4. The van der Waals surface area contributed by atoms with Gasteiger partial charge in [0.1, 0.15) is 11.6 Å². The summed E-state index contributed by atoms with van der Waals surface area (Å²) in [6.07, 6.45) is 4.25. The first-order valence-electron chi connectivity index (χ1n) is 12.4. The predicted molar refractivity (Wildman–Crippen MR) is 139 cm³/mol. The molecule has 0 bridgehead atoms. The Morgan fingerprint density at radius 3 is 2.00 bits per heavy atom. The average molecular weight is 509 g/mol. The van der Waals surface area contributed by atoms with Crippen molar-refractivity contribution >= 4 is 18.3 Å². The standard InChI is InChI=1S/C28H38F2N2O2.ClH/c1-20(2)19-27(32(3)25-14-17-34-18-15-25)28(33)31-16-4-5-26(21-6-10-23(29)11-7-21)22-8-12-24(30)13-9-22;/h6-13,20,25-27H,4-5,14-19H2,1-3H3,(H,31,33);1H/t27-;/m0./s1. The Morgan fingerprint density at radius 1 is 1.00 bits per heavy atom. The zero-order valence-corrected chi connectivity index (χ0v) is 21.8. The predicted octanol–water partition coefficient (Wildman–Crippen LogP) is 5.94. The number of likely N-dealkylation sites (N-methyl/N-ethyl adjacent to an activating group) is 1. The first-order chi connectivity index (χ1) is 16.3. The normalized spacial score (nSPS) is 15.3. The molecule has 7 heteroatoms. The highest BCUT2D eigenvalue weighted by Crippen LogP contribution is 2.29. The molecule has 1 atom stereocenters. The molecule has 1 amide bonds. The number of benzene rings is 2. The van der Waals surface area contributed by atoms with Crippen molar-refractivity contribution < 1.29 is 18.3 Å². The second kappa shape index (κ2) is 14.5. The molecule has 0 aromatic heterocycles. The minimum atomic E-state index is -0.279. The fourth-order valence-electron chi connectivity index (χ4n) is 4.80. The molecule has 0 unspecified atom stereocenters. The summed E-state index contributed by atoms with van der Waals surface area (Å²) in [7, 11) is 2.06. The third-order valence-corrected chi connectivity index (χ3v) is 6.77. The van der Waals surface area contributed by atoms with Gasteiger partial charge >= 0.3 is 0 Å². The number of ether oxygens (including phenoxy) is 1. The summed E-state index contributed by atoms with van der Waals surface area (Å²) < 4.78 is 32.4. The van der Waals surface area contributed by atoms with Crippen LogP contribution in [0.1, 0.15) is 63.0 Å². The van der Waals surface area contributed by atoms with Gasteiger partial charge in [-0.2, -0.15) is 0 Å². The third kappa shape index (κ3) is 8.85. The van der Waals surface area contributed by atoms with E-state index < -0.39 is 0 Å². The van der Waals surface area contributed by atoms with Crippen molar-refractivity contribution in [3.05, 3.63) is 71.3 Å². The Kier molecular flexibility index (Phi) is 12.1. The molecule has 1 N–H and O–H groups in total. The van der Waals surface area contributed by atoms with E-state index in [2.05, 4.69) is 31.1 Å². The van der Waals surface area contributed by atoms with Gasteiger partial charge in [-0.1, -0.05) is 38.1 Å².